The van der Waals surface area contributed by atoms with Gasteiger partial charge < -0.3 is 0 Å². The van der Waals surface area contributed by atoms with Crippen molar-refractivity contribution >= 4 is 0 Å². The first-order valence-corrected chi connectivity index (χ1v) is 8.76. The molecule has 2 aliphatic rings. The summed E-state index contributed by atoms with van der Waals surface area (Å²) in [4.78, 5) is 0. The minimum absolute atomic E-state index is 0.0365. The highest BCUT2D eigenvalue weighted by Crippen LogP contribution is 2.54. The molecule has 0 N–H and O–H groups in total. The first-order valence-electron chi connectivity index (χ1n) is 8.76. The van der Waals surface area contributed by atoms with Crippen LogP contribution in [0.2, 0.25) is 0 Å². The van der Waals surface area contributed by atoms with Crippen molar-refractivity contribution in [2.24, 2.45) is 11.8 Å². The van der Waals surface area contributed by atoms with Gasteiger partial charge in [-0.3, -0.25) is 0 Å². The van der Waals surface area contributed by atoms with Crippen LogP contribution in [0.5, 0.6) is 0 Å². The van der Waals surface area contributed by atoms with E-state index >= 15 is 4.39 Å². The Kier molecular flexibility index (Phi) is 4.70. The molecule has 0 heterocycles. The molecule has 2 aliphatic carbocycles. The van der Waals surface area contributed by atoms with Crippen LogP contribution in [0.15, 0.2) is 12.1 Å². The van der Waals surface area contributed by atoms with E-state index in [4.69, 9.17) is 0 Å². The molecule has 0 spiro atoms. The maximum atomic E-state index is 15.4. The van der Waals surface area contributed by atoms with Crippen molar-refractivity contribution in [2.75, 3.05) is 0 Å². The molecule has 4 heteroatoms. The quantitative estimate of drug-likeness (QED) is 0.451. The fourth-order valence-corrected chi connectivity index (χ4v) is 4.68. The van der Waals surface area contributed by atoms with Gasteiger partial charge in [0.05, 0.1) is 0 Å². The summed E-state index contributed by atoms with van der Waals surface area (Å²) in [5, 5.41) is 0. The Morgan fingerprint density at radius 2 is 1.78 bits per heavy atom. The molecule has 1 aromatic rings. The SMILES string of the molecule is CCCC1CCC2CC(c3cc(F)c(F)c(F)c3)CC2(F)CC1. The summed E-state index contributed by atoms with van der Waals surface area (Å²) < 4.78 is 55.4. The zero-order valence-corrected chi connectivity index (χ0v) is 13.6. The predicted molar refractivity (Wildman–Crippen MR) is 82.5 cm³/mol. The third-order valence-electron chi connectivity index (χ3n) is 5.95. The molecular formula is C19H24F4. The fourth-order valence-electron chi connectivity index (χ4n) is 4.68. The number of alkyl halides is 1. The number of benzene rings is 1. The van der Waals surface area contributed by atoms with E-state index in [1.165, 1.54) is 0 Å². The first kappa shape index (κ1) is 16.8. The van der Waals surface area contributed by atoms with Crippen molar-refractivity contribution in [1.82, 2.24) is 0 Å². The van der Waals surface area contributed by atoms with Gasteiger partial charge in [-0.15, -0.1) is 0 Å². The van der Waals surface area contributed by atoms with Crippen LogP contribution in [0.3, 0.4) is 0 Å². The molecule has 4 atom stereocenters. The highest BCUT2D eigenvalue weighted by molar-refractivity contribution is 5.26. The number of halogens is 4. The second-order valence-electron chi connectivity index (χ2n) is 7.44. The van der Waals surface area contributed by atoms with Crippen LogP contribution in [0.1, 0.15) is 69.8 Å². The second kappa shape index (κ2) is 6.45. The monoisotopic (exact) mass is 328 g/mol. The maximum Gasteiger partial charge on any atom is 0.194 e. The van der Waals surface area contributed by atoms with E-state index in [-0.39, 0.29) is 11.8 Å². The van der Waals surface area contributed by atoms with Gasteiger partial charge in [-0.2, -0.15) is 0 Å². The van der Waals surface area contributed by atoms with Crippen molar-refractivity contribution < 1.29 is 17.6 Å². The van der Waals surface area contributed by atoms with Crippen LogP contribution in [0.25, 0.3) is 0 Å². The molecule has 0 saturated heterocycles. The van der Waals surface area contributed by atoms with E-state index in [2.05, 4.69) is 6.92 Å². The highest BCUT2D eigenvalue weighted by atomic mass is 19.2. The molecule has 0 radical (unpaired) electrons. The summed E-state index contributed by atoms with van der Waals surface area (Å²) in [5.41, 5.74) is -0.828. The van der Waals surface area contributed by atoms with Crippen LogP contribution in [-0.2, 0) is 0 Å². The minimum atomic E-state index is -1.45. The molecule has 0 aromatic heterocycles. The molecule has 4 unspecified atom stereocenters. The van der Waals surface area contributed by atoms with Crippen LogP contribution in [0.4, 0.5) is 17.6 Å². The van der Waals surface area contributed by atoms with E-state index in [9.17, 15) is 13.2 Å². The lowest BCUT2D eigenvalue weighted by molar-refractivity contribution is 0.0993. The third kappa shape index (κ3) is 3.27. The van der Waals surface area contributed by atoms with Gasteiger partial charge in [-0.1, -0.05) is 26.2 Å². The Morgan fingerprint density at radius 3 is 2.43 bits per heavy atom. The Bertz CT molecular complexity index is 547. The van der Waals surface area contributed by atoms with E-state index < -0.39 is 23.1 Å². The number of hydrogen-bond donors (Lipinski definition) is 0. The molecule has 128 valence electrons. The average molecular weight is 328 g/mol. The highest BCUT2D eigenvalue weighted by Gasteiger charge is 2.49. The molecule has 2 fully saturated rings. The lowest BCUT2D eigenvalue weighted by Crippen LogP contribution is -2.26. The Hall–Kier alpha value is -1.06. The zero-order valence-electron chi connectivity index (χ0n) is 13.6. The van der Waals surface area contributed by atoms with Gasteiger partial charge in [0.1, 0.15) is 5.67 Å². The van der Waals surface area contributed by atoms with E-state index in [0.717, 1.165) is 44.2 Å². The largest absolute Gasteiger partial charge is 0.244 e. The topological polar surface area (TPSA) is 0 Å². The third-order valence-corrected chi connectivity index (χ3v) is 5.95. The summed E-state index contributed by atoms with van der Waals surface area (Å²) in [6.07, 6.45) is 6.55. The molecular weight excluding hydrogens is 304 g/mol. The van der Waals surface area contributed by atoms with Crippen molar-refractivity contribution in [3.05, 3.63) is 35.1 Å². The van der Waals surface area contributed by atoms with Crippen LogP contribution >= 0.6 is 0 Å². The lowest BCUT2D eigenvalue weighted by atomic mass is 9.88. The van der Waals surface area contributed by atoms with Crippen LogP contribution in [-0.4, -0.2) is 5.67 Å². The van der Waals surface area contributed by atoms with Crippen LogP contribution in [0, 0.1) is 29.3 Å². The van der Waals surface area contributed by atoms with Crippen LogP contribution < -0.4 is 0 Å². The van der Waals surface area contributed by atoms with Gasteiger partial charge in [-0.25, -0.2) is 17.6 Å². The Balaban J connectivity index is 1.76. The van der Waals surface area contributed by atoms with Gasteiger partial charge in [-0.05, 0) is 67.6 Å². The van der Waals surface area contributed by atoms with Crippen molar-refractivity contribution in [3.8, 4) is 0 Å². The molecule has 0 nitrogen and oxygen atoms in total. The van der Waals surface area contributed by atoms with Gasteiger partial charge in [0.2, 0.25) is 0 Å². The number of rotatable bonds is 3. The standard InChI is InChI=1S/C19H24F4/c1-2-3-12-4-5-15-8-14(11-19(15,23)7-6-12)13-9-16(20)18(22)17(21)10-13/h9-10,12,14-15H,2-8,11H2,1H3. The van der Waals surface area contributed by atoms with E-state index in [1.807, 2.05) is 0 Å². The zero-order chi connectivity index (χ0) is 16.6. The molecule has 2 saturated carbocycles. The lowest BCUT2D eigenvalue weighted by Gasteiger charge is -2.24. The summed E-state index contributed by atoms with van der Waals surface area (Å²) in [6.45, 7) is 2.16. The molecule has 23 heavy (non-hydrogen) atoms. The second-order valence-corrected chi connectivity index (χ2v) is 7.44. The molecule has 0 amide bonds. The first-order chi connectivity index (χ1) is 10.9. The number of fused-ring (bicyclic) bond motifs is 1. The van der Waals surface area contributed by atoms with Gasteiger partial charge in [0.15, 0.2) is 17.5 Å². The fraction of sp³-hybridized carbons (Fsp3) is 0.684. The van der Waals surface area contributed by atoms with E-state index in [0.29, 0.717) is 30.7 Å². The van der Waals surface area contributed by atoms with Crippen molar-refractivity contribution in [2.45, 2.75) is 69.9 Å². The Labute approximate surface area is 135 Å². The van der Waals surface area contributed by atoms with Gasteiger partial charge >= 0.3 is 0 Å². The van der Waals surface area contributed by atoms with Gasteiger partial charge in [0.25, 0.3) is 0 Å². The predicted octanol–water partition coefficient (Wildman–Crippen LogP) is 6.30. The van der Waals surface area contributed by atoms with Gasteiger partial charge in [0, 0.05) is 0 Å². The normalized spacial score (nSPS) is 34.2. The average Bonchev–Trinajstić information content (AvgIpc) is 2.77. The molecule has 3 rings (SSSR count). The molecule has 0 bridgehead atoms. The molecule has 1 aromatic carbocycles. The smallest absolute Gasteiger partial charge is 0.194 e. The summed E-state index contributed by atoms with van der Waals surface area (Å²) in [6, 6.07) is 2.08. The van der Waals surface area contributed by atoms with E-state index in [1.54, 1.807) is 0 Å². The summed E-state index contributed by atoms with van der Waals surface area (Å²) in [7, 11) is 0. The Morgan fingerprint density at radius 1 is 1.09 bits per heavy atom. The maximum absolute atomic E-state index is 15.4. The molecule has 0 aliphatic heterocycles. The number of hydrogen-bond acceptors (Lipinski definition) is 0. The summed E-state index contributed by atoms with van der Waals surface area (Å²) >= 11 is 0. The minimum Gasteiger partial charge on any atom is -0.244 e. The van der Waals surface area contributed by atoms with Crippen molar-refractivity contribution in [3.63, 3.8) is 0 Å². The van der Waals surface area contributed by atoms with Crippen molar-refractivity contribution in [1.29, 1.82) is 0 Å². The summed E-state index contributed by atoms with van der Waals surface area (Å²) in [5.74, 6) is -3.44.